The second-order valence-electron chi connectivity index (χ2n) is 5.95. The van der Waals surface area contributed by atoms with Crippen molar-refractivity contribution in [1.82, 2.24) is 29.4 Å². The summed E-state index contributed by atoms with van der Waals surface area (Å²) in [5.41, 5.74) is 2.13. The average Bonchev–Trinajstić information content (AvgIpc) is 3.41. The van der Waals surface area contributed by atoms with E-state index in [0.717, 1.165) is 22.6 Å². The van der Waals surface area contributed by atoms with E-state index in [4.69, 9.17) is 9.15 Å². The van der Waals surface area contributed by atoms with E-state index in [-0.39, 0.29) is 0 Å². The number of hydrogen-bond acceptors (Lipinski definition) is 7. The molecule has 0 saturated carbocycles. The van der Waals surface area contributed by atoms with Gasteiger partial charge < -0.3 is 14.5 Å². The Bertz CT molecular complexity index is 1240. The van der Waals surface area contributed by atoms with E-state index in [1.54, 1.807) is 35.0 Å². The van der Waals surface area contributed by atoms with Crippen molar-refractivity contribution in [2.75, 3.05) is 12.4 Å². The SMILES string of the molecule is COc1ccc(Nc2c3c(ncn4nc(-c5ccco5)nc34)nn2C)cc1. The first-order valence-electron chi connectivity index (χ1n) is 8.26. The summed E-state index contributed by atoms with van der Waals surface area (Å²) in [6, 6.07) is 11.3. The molecule has 0 aliphatic heterocycles. The summed E-state index contributed by atoms with van der Waals surface area (Å²) >= 11 is 0. The van der Waals surface area contributed by atoms with E-state index in [1.165, 1.54) is 0 Å². The lowest BCUT2D eigenvalue weighted by Crippen LogP contribution is -1.99. The molecule has 9 nitrogen and oxygen atoms in total. The van der Waals surface area contributed by atoms with Crippen LogP contribution in [0.3, 0.4) is 0 Å². The van der Waals surface area contributed by atoms with Crippen molar-refractivity contribution in [3.63, 3.8) is 0 Å². The number of anilines is 2. The molecule has 1 N–H and O–H groups in total. The van der Waals surface area contributed by atoms with Gasteiger partial charge in [0.25, 0.3) is 0 Å². The molecule has 0 bridgehead atoms. The quantitative estimate of drug-likeness (QED) is 0.526. The highest BCUT2D eigenvalue weighted by atomic mass is 16.5. The summed E-state index contributed by atoms with van der Waals surface area (Å²) in [6.07, 6.45) is 3.19. The molecule has 9 heteroatoms. The van der Waals surface area contributed by atoms with Gasteiger partial charge in [0, 0.05) is 12.7 Å². The topological polar surface area (TPSA) is 95.3 Å². The first-order valence-corrected chi connectivity index (χ1v) is 8.26. The highest BCUT2D eigenvalue weighted by molar-refractivity contribution is 6.00. The van der Waals surface area contributed by atoms with Gasteiger partial charge in [0.2, 0.25) is 5.82 Å². The van der Waals surface area contributed by atoms with E-state index < -0.39 is 0 Å². The van der Waals surface area contributed by atoms with Gasteiger partial charge >= 0.3 is 0 Å². The van der Waals surface area contributed by atoms with Gasteiger partial charge in [-0.1, -0.05) is 0 Å². The maximum atomic E-state index is 5.41. The van der Waals surface area contributed by atoms with Crippen molar-refractivity contribution in [3.8, 4) is 17.3 Å². The molecule has 0 aliphatic rings. The number of hydrogen-bond donors (Lipinski definition) is 1. The van der Waals surface area contributed by atoms with E-state index in [2.05, 4.69) is 25.5 Å². The van der Waals surface area contributed by atoms with Crippen LogP contribution < -0.4 is 10.1 Å². The molecule has 0 unspecified atom stereocenters. The molecular weight excluding hydrogens is 346 g/mol. The van der Waals surface area contributed by atoms with Crippen LogP contribution >= 0.6 is 0 Å². The predicted octanol–water partition coefficient (Wildman–Crippen LogP) is 3.02. The van der Waals surface area contributed by atoms with Crippen LogP contribution in [-0.4, -0.2) is 36.5 Å². The smallest absolute Gasteiger partial charge is 0.217 e. The van der Waals surface area contributed by atoms with E-state index in [1.807, 2.05) is 37.4 Å². The first-order chi connectivity index (χ1) is 13.2. The Balaban J connectivity index is 1.66. The molecule has 4 aromatic heterocycles. The van der Waals surface area contributed by atoms with Crippen LogP contribution in [0.1, 0.15) is 0 Å². The van der Waals surface area contributed by atoms with Gasteiger partial charge in [-0.25, -0.2) is 19.2 Å². The summed E-state index contributed by atoms with van der Waals surface area (Å²) in [5, 5.41) is 13.1. The minimum Gasteiger partial charge on any atom is -0.497 e. The Morgan fingerprint density at radius 2 is 1.96 bits per heavy atom. The fraction of sp³-hybridized carbons (Fsp3) is 0.111. The van der Waals surface area contributed by atoms with Gasteiger partial charge in [-0.05, 0) is 36.4 Å². The van der Waals surface area contributed by atoms with Gasteiger partial charge in [0.1, 0.15) is 23.3 Å². The van der Waals surface area contributed by atoms with Crippen molar-refractivity contribution >= 4 is 28.2 Å². The summed E-state index contributed by atoms with van der Waals surface area (Å²) in [4.78, 5) is 9.02. The number of nitrogens with zero attached hydrogens (tertiary/aromatic N) is 6. The summed E-state index contributed by atoms with van der Waals surface area (Å²) in [6.45, 7) is 0. The third-order valence-corrected chi connectivity index (χ3v) is 4.27. The number of fused-ring (bicyclic) bond motifs is 3. The number of benzene rings is 1. The Morgan fingerprint density at radius 1 is 1.11 bits per heavy atom. The van der Waals surface area contributed by atoms with E-state index in [0.29, 0.717) is 22.9 Å². The fourth-order valence-corrected chi connectivity index (χ4v) is 2.95. The molecule has 0 saturated heterocycles. The maximum absolute atomic E-state index is 5.41. The molecule has 0 amide bonds. The zero-order valence-corrected chi connectivity index (χ0v) is 14.6. The van der Waals surface area contributed by atoms with Crippen LogP contribution in [0.25, 0.3) is 28.3 Å². The Labute approximate surface area is 153 Å². The van der Waals surface area contributed by atoms with Gasteiger partial charge in [0.15, 0.2) is 17.1 Å². The third-order valence-electron chi connectivity index (χ3n) is 4.27. The van der Waals surface area contributed by atoms with Crippen molar-refractivity contribution in [3.05, 3.63) is 49.0 Å². The van der Waals surface area contributed by atoms with Crippen LogP contribution in [0.15, 0.2) is 53.4 Å². The molecule has 0 fully saturated rings. The minimum absolute atomic E-state index is 0.494. The second-order valence-corrected chi connectivity index (χ2v) is 5.95. The van der Waals surface area contributed by atoms with Gasteiger partial charge in [-0.15, -0.1) is 5.10 Å². The van der Waals surface area contributed by atoms with Crippen LogP contribution in [-0.2, 0) is 7.05 Å². The molecule has 134 valence electrons. The molecule has 1 aromatic carbocycles. The molecule has 0 spiro atoms. The standard InChI is InChI=1S/C18H15N7O2/c1-24-17(20-11-5-7-12(26-2)8-6-11)14-16(22-24)19-10-25-18(14)21-15(23-25)13-4-3-9-27-13/h3-10,20H,1-2H3. The van der Waals surface area contributed by atoms with Crippen LogP contribution in [0.4, 0.5) is 11.5 Å². The number of methoxy groups -OCH3 is 1. The minimum atomic E-state index is 0.494. The lowest BCUT2D eigenvalue weighted by molar-refractivity contribution is 0.415. The first kappa shape index (κ1) is 15.4. The molecule has 5 rings (SSSR count). The van der Waals surface area contributed by atoms with Crippen LogP contribution in [0.5, 0.6) is 5.75 Å². The third kappa shape index (κ3) is 2.48. The van der Waals surface area contributed by atoms with Gasteiger partial charge in [-0.3, -0.25) is 0 Å². The Hall–Kier alpha value is -3.88. The fourth-order valence-electron chi connectivity index (χ4n) is 2.95. The number of rotatable bonds is 4. The number of nitrogens with one attached hydrogen (secondary N) is 1. The lowest BCUT2D eigenvalue weighted by atomic mass is 10.3. The highest BCUT2D eigenvalue weighted by Crippen LogP contribution is 2.29. The molecule has 0 radical (unpaired) electrons. The number of aryl methyl sites for hydroxylation is 1. The van der Waals surface area contributed by atoms with Crippen molar-refractivity contribution in [2.24, 2.45) is 7.05 Å². The molecule has 5 aromatic rings. The molecular formula is C18H15N7O2. The van der Waals surface area contributed by atoms with Crippen molar-refractivity contribution in [2.45, 2.75) is 0 Å². The number of furan rings is 1. The van der Waals surface area contributed by atoms with Crippen molar-refractivity contribution < 1.29 is 9.15 Å². The maximum Gasteiger partial charge on any atom is 0.217 e. The Morgan fingerprint density at radius 3 is 2.70 bits per heavy atom. The number of aromatic nitrogens is 6. The predicted molar refractivity (Wildman–Crippen MR) is 99.0 cm³/mol. The summed E-state index contributed by atoms with van der Waals surface area (Å²) in [7, 11) is 3.50. The largest absolute Gasteiger partial charge is 0.497 e. The molecule has 4 heterocycles. The van der Waals surface area contributed by atoms with E-state index >= 15 is 0 Å². The van der Waals surface area contributed by atoms with Crippen LogP contribution in [0, 0.1) is 0 Å². The molecule has 0 aliphatic carbocycles. The summed E-state index contributed by atoms with van der Waals surface area (Å²) in [5.74, 6) is 2.65. The highest BCUT2D eigenvalue weighted by Gasteiger charge is 2.18. The zero-order chi connectivity index (χ0) is 18.4. The van der Waals surface area contributed by atoms with Gasteiger partial charge in [-0.2, -0.15) is 5.10 Å². The van der Waals surface area contributed by atoms with E-state index in [9.17, 15) is 0 Å². The van der Waals surface area contributed by atoms with Crippen LogP contribution in [0.2, 0.25) is 0 Å². The molecule has 27 heavy (non-hydrogen) atoms. The lowest BCUT2D eigenvalue weighted by Gasteiger charge is -2.08. The monoisotopic (exact) mass is 361 g/mol. The average molecular weight is 361 g/mol. The molecule has 0 atom stereocenters. The Kier molecular flexibility index (Phi) is 3.32. The van der Waals surface area contributed by atoms with Gasteiger partial charge in [0.05, 0.1) is 13.4 Å². The number of ether oxygens (including phenoxy) is 1. The summed E-state index contributed by atoms with van der Waals surface area (Å²) < 4.78 is 14.0. The second kappa shape index (κ2) is 5.84. The zero-order valence-electron chi connectivity index (χ0n) is 14.6. The van der Waals surface area contributed by atoms with Crippen molar-refractivity contribution in [1.29, 1.82) is 0 Å². The normalized spacial score (nSPS) is 11.3.